The third-order valence-corrected chi connectivity index (χ3v) is 5.90. The molecule has 0 radical (unpaired) electrons. The van der Waals surface area contributed by atoms with Crippen LogP contribution in [0.1, 0.15) is 41.3 Å². The van der Waals surface area contributed by atoms with Gasteiger partial charge in [0.2, 0.25) is 6.10 Å². The minimum atomic E-state index is -0.861. The average molecular weight is 478 g/mol. The molecule has 35 heavy (non-hydrogen) atoms. The van der Waals surface area contributed by atoms with Crippen LogP contribution in [-0.2, 0) is 16.2 Å². The Hall–Kier alpha value is -4.21. The van der Waals surface area contributed by atoms with Gasteiger partial charge in [0.25, 0.3) is 11.6 Å². The van der Waals surface area contributed by atoms with Crippen molar-refractivity contribution < 1.29 is 19.3 Å². The maximum atomic E-state index is 12.9. The van der Waals surface area contributed by atoms with Gasteiger partial charge >= 0.3 is 0 Å². The molecule has 0 bridgehead atoms. The fraction of sp³-hybridized carbons (Fsp3) is 0.320. The Morgan fingerprint density at radius 1 is 1.23 bits per heavy atom. The molecule has 0 saturated heterocycles. The van der Waals surface area contributed by atoms with E-state index in [0.29, 0.717) is 11.5 Å². The van der Waals surface area contributed by atoms with Gasteiger partial charge in [-0.15, -0.1) is 0 Å². The predicted molar refractivity (Wildman–Crippen MR) is 131 cm³/mol. The average Bonchev–Trinajstić information content (AvgIpc) is 3.43. The molecule has 10 heteroatoms. The lowest BCUT2D eigenvalue weighted by Crippen LogP contribution is -2.28. The maximum absolute atomic E-state index is 12.9. The molecule has 0 spiro atoms. The zero-order valence-corrected chi connectivity index (χ0v) is 20.3. The Morgan fingerprint density at radius 2 is 2.00 bits per heavy atom. The van der Waals surface area contributed by atoms with Crippen LogP contribution in [0.15, 0.2) is 41.7 Å². The summed E-state index contributed by atoms with van der Waals surface area (Å²) >= 11 is 0. The minimum absolute atomic E-state index is 0.202. The van der Waals surface area contributed by atoms with E-state index in [0.717, 1.165) is 34.5 Å². The first-order valence-electron chi connectivity index (χ1n) is 11.3. The van der Waals surface area contributed by atoms with Gasteiger partial charge in [0.15, 0.2) is 0 Å². The molecule has 0 saturated carbocycles. The smallest absolute Gasteiger partial charge is 0.275 e. The zero-order valence-electron chi connectivity index (χ0n) is 20.3. The van der Waals surface area contributed by atoms with Gasteiger partial charge in [0.1, 0.15) is 11.5 Å². The lowest BCUT2D eigenvalue weighted by Gasteiger charge is -2.14. The first-order valence-corrected chi connectivity index (χ1v) is 11.3. The Labute approximate surface area is 202 Å². The fourth-order valence-corrected chi connectivity index (χ4v) is 3.92. The number of nitrogens with zero attached hydrogens (tertiary/aromatic N) is 4. The number of carbonyl (C=O) groups is 1. The van der Waals surface area contributed by atoms with Gasteiger partial charge in [-0.2, -0.15) is 5.10 Å². The molecule has 182 valence electrons. The van der Waals surface area contributed by atoms with Crippen molar-refractivity contribution in [2.75, 3.05) is 5.32 Å². The van der Waals surface area contributed by atoms with Crippen LogP contribution >= 0.6 is 0 Å². The third-order valence-electron chi connectivity index (χ3n) is 5.90. The van der Waals surface area contributed by atoms with Crippen LogP contribution in [0.25, 0.3) is 0 Å². The number of hydrogen-bond acceptors (Lipinski definition) is 7. The van der Waals surface area contributed by atoms with Crippen molar-refractivity contribution in [2.24, 2.45) is 5.16 Å². The first-order chi connectivity index (χ1) is 16.6. The summed E-state index contributed by atoms with van der Waals surface area (Å²) in [6.45, 7) is 10.4. The molecule has 2 aromatic carbocycles. The largest absolute Gasteiger partial charge is 0.457 e. The molecule has 1 amide bonds. The number of aryl methyl sites for hydroxylation is 4. The Kier molecular flexibility index (Phi) is 6.54. The van der Waals surface area contributed by atoms with Gasteiger partial charge < -0.3 is 14.9 Å². The van der Waals surface area contributed by atoms with E-state index in [2.05, 4.69) is 15.6 Å². The number of nitrogens with one attached hydrogen (secondary N) is 1. The Balaban J connectivity index is 1.52. The molecule has 2 heterocycles. The third kappa shape index (κ3) is 5.16. The maximum Gasteiger partial charge on any atom is 0.275 e. The molecule has 4 rings (SSSR count). The Morgan fingerprint density at radius 3 is 2.69 bits per heavy atom. The molecule has 10 nitrogen and oxygen atoms in total. The molecule has 1 aromatic heterocycles. The lowest BCUT2D eigenvalue weighted by molar-refractivity contribution is -0.384. The van der Waals surface area contributed by atoms with Crippen LogP contribution in [-0.4, -0.2) is 32.4 Å². The number of anilines is 1. The highest BCUT2D eigenvalue weighted by Crippen LogP contribution is 2.33. The van der Waals surface area contributed by atoms with Crippen molar-refractivity contribution >= 4 is 23.0 Å². The van der Waals surface area contributed by atoms with Crippen LogP contribution in [0, 0.1) is 37.8 Å². The Bertz CT molecular complexity index is 1340. The molecule has 1 unspecified atom stereocenters. The summed E-state index contributed by atoms with van der Waals surface area (Å²) in [5.74, 6) is 0.383. The van der Waals surface area contributed by atoms with Gasteiger partial charge in [-0.3, -0.25) is 19.6 Å². The van der Waals surface area contributed by atoms with Gasteiger partial charge in [0.05, 0.1) is 28.1 Å². The number of rotatable bonds is 7. The molecule has 3 aromatic rings. The van der Waals surface area contributed by atoms with E-state index < -0.39 is 16.9 Å². The van der Waals surface area contributed by atoms with Gasteiger partial charge in [0, 0.05) is 36.9 Å². The number of carbonyl (C=O) groups excluding carboxylic acids is 1. The van der Waals surface area contributed by atoms with Crippen molar-refractivity contribution in [3.05, 3.63) is 74.6 Å². The number of hydrogen-bond donors (Lipinski definition) is 1. The lowest BCUT2D eigenvalue weighted by atomic mass is 10.1. The molecular weight excluding hydrogens is 450 g/mol. The van der Waals surface area contributed by atoms with Crippen molar-refractivity contribution in [3.8, 4) is 11.5 Å². The highest BCUT2D eigenvalue weighted by atomic mass is 16.6. The fourth-order valence-electron chi connectivity index (χ4n) is 3.92. The summed E-state index contributed by atoms with van der Waals surface area (Å²) in [5, 5.41) is 22.7. The molecular formula is C25H27N5O5. The van der Waals surface area contributed by atoms with Crippen LogP contribution in [0.5, 0.6) is 11.5 Å². The van der Waals surface area contributed by atoms with E-state index in [-0.39, 0.29) is 23.5 Å². The summed E-state index contributed by atoms with van der Waals surface area (Å²) in [6.07, 6.45) is 1.28. The topological polar surface area (TPSA) is 121 Å². The van der Waals surface area contributed by atoms with Gasteiger partial charge in [-0.25, -0.2) is 0 Å². The van der Waals surface area contributed by atoms with Crippen LogP contribution in [0.3, 0.4) is 0 Å². The highest BCUT2D eigenvalue weighted by Gasteiger charge is 2.31. The molecule has 1 atom stereocenters. The molecule has 0 aliphatic carbocycles. The standard InChI is InChI=1S/C25H27N5O5/c1-6-29-13-21(17(5)27-29)22-12-24(35-28-22)25(31)26-18-9-19(30(32)33)11-20(10-18)34-23-8-14(2)7-15(3)16(23)4/h7-11,13,24H,6,12H2,1-5H3,(H,26,31). The summed E-state index contributed by atoms with van der Waals surface area (Å²) in [4.78, 5) is 29.3. The second-order valence-electron chi connectivity index (χ2n) is 8.59. The number of benzene rings is 2. The number of nitro benzene ring substituents is 1. The number of ether oxygens (including phenoxy) is 1. The number of aromatic nitrogens is 2. The van der Waals surface area contributed by atoms with Crippen LogP contribution in [0.2, 0.25) is 0 Å². The van der Waals surface area contributed by atoms with E-state index in [9.17, 15) is 14.9 Å². The second-order valence-corrected chi connectivity index (χ2v) is 8.59. The number of non-ortho nitro benzene ring substituents is 1. The normalized spacial score (nSPS) is 14.9. The summed E-state index contributed by atoms with van der Waals surface area (Å²) < 4.78 is 7.79. The van der Waals surface area contributed by atoms with Crippen LogP contribution in [0.4, 0.5) is 11.4 Å². The highest BCUT2D eigenvalue weighted by molar-refractivity contribution is 6.06. The molecule has 0 fully saturated rings. The number of oxime groups is 1. The number of amides is 1. The zero-order chi connectivity index (χ0) is 25.3. The van der Waals surface area contributed by atoms with Gasteiger partial charge in [-0.1, -0.05) is 11.2 Å². The van der Waals surface area contributed by atoms with Gasteiger partial charge in [-0.05, 0) is 57.4 Å². The molecule has 1 N–H and O–H groups in total. The SMILES string of the molecule is CCn1cc(C2=NOC(C(=O)Nc3cc(Oc4cc(C)cc(C)c4C)cc([N+](=O)[O-])c3)C2)c(C)n1. The summed E-state index contributed by atoms with van der Waals surface area (Å²) in [5.41, 5.74) is 5.28. The predicted octanol–water partition coefficient (Wildman–Crippen LogP) is 4.97. The molecule has 1 aliphatic rings. The second kappa shape index (κ2) is 9.57. The van der Waals surface area contributed by atoms with E-state index >= 15 is 0 Å². The number of nitro groups is 1. The van der Waals surface area contributed by atoms with E-state index in [4.69, 9.17) is 9.57 Å². The van der Waals surface area contributed by atoms with Crippen molar-refractivity contribution in [3.63, 3.8) is 0 Å². The summed E-state index contributed by atoms with van der Waals surface area (Å²) in [7, 11) is 0. The van der Waals surface area contributed by atoms with E-state index in [1.807, 2.05) is 52.9 Å². The first kappa shape index (κ1) is 23.9. The monoisotopic (exact) mass is 477 g/mol. The van der Waals surface area contributed by atoms with Crippen LogP contribution < -0.4 is 10.1 Å². The van der Waals surface area contributed by atoms with Crippen molar-refractivity contribution in [1.82, 2.24) is 9.78 Å². The van der Waals surface area contributed by atoms with Crippen molar-refractivity contribution in [1.29, 1.82) is 0 Å². The molecule has 1 aliphatic heterocycles. The van der Waals surface area contributed by atoms with Crippen molar-refractivity contribution in [2.45, 2.75) is 53.7 Å². The minimum Gasteiger partial charge on any atom is -0.457 e. The van der Waals surface area contributed by atoms with E-state index in [1.165, 1.54) is 12.1 Å². The quantitative estimate of drug-likeness (QED) is 0.379. The summed E-state index contributed by atoms with van der Waals surface area (Å²) in [6, 6.07) is 8.06. The van der Waals surface area contributed by atoms with E-state index in [1.54, 1.807) is 10.7 Å².